The Morgan fingerprint density at radius 3 is 2.68 bits per heavy atom. The Labute approximate surface area is 149 Å². The van der Waals surface area contributed by atoms with Crippen molar-refractivity contribution in [3.63, 3.8) is 0 Å². The largest absolute Gasteiger partial charge is 0.393 e. The van der Waals surface area contributed by atoms with Gasteiger partial charge < -0.3 is 10.2 Å². The van der Waals surface area contributed by atoms with Gasteiger partial charge in [-0.05, 0) is 63.0 Å². The number of fused-ring (bicyclic) bond motifs is 5. The molecule has 0 saturated heterocycles. The molecule has 0 spiro atoms. The van der Waals surface area contributed by atoms with Crippen molar-refractivity contribution in [1.29, 1.82) is 0 Å². The lowest BCUT2D eigenvalue weighted by atomic mass is 9.46. The molecule has 0 aromatic heterocycles. The van der Waals surface area contributed by atoms with E-state index in [1.165, 1.54) is 6.92 Å². The topological polar surface area (TPSA) is 74.6 Å². The standard InChI is InChI=1S/C21H28O4/c1-12(22)21(25)9-7-16-15-5-4-13-10-14(23)6-8-19(13,2)18(15)17(24)11-20(16,21)3/h6,8,10,15-18,24-25H,4-5,7,9,11H2,1-3H3/t15-,16-,17-,18+,19-,20-,21-/m1/s1. The summed E-state index contributed by atoms with van der Waals surface area (Å²) in [6.45, 7) is 5.61. The van der Waals surface area contributed by atoms with Crippen molar-refractivity contribution in [2.24, 2.45) is 28.6 Å². The molecule has 0 heterocycles. The van der Waals surface area contributed by atoms with Crippen LogP contribution in [0.15, 0.2) is 23.8 Å². The number of hydrogen-bond acceptors (Lipinski definition) is 4. The van der Waals surface area contributed by atoms with Crippen molar-refractivity contribution >= 4 is 11.6 Å². The molecule has 3 fully saturated rings. The van der Waals surface area contributed by atoms with E-state index in [0.29, 0.717) is 12.8 Å². The highest BCUT2D eigenvalue weighted by molar-refractivity contribution is 6.01. The fourth-order valence-corrected chi connectivity index (χ4v) is 6.91. The number of hydrogen-bond donors (Lipinski definition) is 2. The van der Waals surface area contributed by atoms with Crippen molar-refractivity contribution in [2.75, 3.05) is 0 Å². The first-order chi connectivity index (χ1) is 11.6. The highest BCUT2D eigenvalue weighted by Crippen LogP contribution is 2.66. The van der Waals surface area contributed by atoms with Crippen LogP contribution >= 0.6 is 0 Å². The molecule has 0 aliphatic heterocycles. The van der Waals surface area contributed by atoms with E-state index in [1.54, 1.807) is 12.2 Å². The molecule has 4 nitrogen and oxygen atoms in total. The Morgan fingerprint density at radius 1 is 1.28 bits per heavy atom. The highest BCUT2D eigenvalue weighted by Gasteiger charge is 2.67. The summed E-state index contributed by atoms with van der Waals surface area (Å²) in [5.74, 6) is 0.410. The Balaban J connectivity index is 1.76. The summed E-state index contributed by atoms with van der Waals surface area (Å²) in [7, 11) is 0. The predicted molar refractivity (Wildman–Crippen MR) is 93.6 cm³/mol. The second-order valence-corrected chi connectivity index (χ2v) is 9.17. The zero-order chi connectivity index (χ0) is 18.2. The predicted octanol–water partition coefficient (Wildman–Crippen LogP) is 2.59. The third kappa shape index (κ3) is 2.01. The molecule has 4 heteroatoms. The second-order valence-electron chi connectivity index (χ2n) is 9.17. The molecule has 0 radical (unpaired) electrons. The summed E-state index contributed by atoms with van der Waals surface area (Å²) >= 11 is 0. The molecular formula is C21H28O4. The first-order valence-electron chi connectivity index (χ1n) is 9.49. The van der Waals surface area contributed by atoms with E-state index < -0.39 is 17.1 Å². The monoisotopic (exact) mass is 344 g/mol. The van der Waals surface area contributed by atoms with Crippen molar-refractivity contribution in [2.45, 2.75) is 64.6 Å². The lowest BCUT2D eigenvalue weighted by molar-refractivity contribution is -0.175. The van der Waals surface area contributed by atoms with E-state index in [0.717, 1.165) is 24.8 Å². The van der Waals surface area contributed by atoms with Crippen LogP contribution in [0.1, 0.15) is 52.9 Å². The van der Waals surface area contributed by atoms with Crippen molar-refractivity contribution in [1.82, 2.24) is 0 Å². The van der Waals surface area contributed by atoms with Gasteiger partial charge >= 0.3 is 0 Å². The summed E-state index contributed by atoms with van der Waals surface area (Å²) in [6.07, 6.45) is 8.32. The Morgan fingerprint density at radius 2 is 2.00 bits per heavy atom. The number of ketones is 2. The number of carbonyl (C=O) groups excluding carboxylic acids is 2. The summed E-state index contributed by atoms with van der Waals surface area (Å²) in [6, 6.07) is 0. The maximum absolute atomic E-state index is 12.2. The number of rotatable bonds is 1. The van der Waals surface area contributed by atoms with Crippen LogP contribution in [0, 0.1) is 28.6 Å². The molecule has 0 aromatic rings. The zero-order valence-corrected chi connectivity index (χ0v) is 15.3. The summed E-state index contributed by atoms with van der Waals surface area (Å²) in [5.41, 5.74) is -1.05. The number of allylic oxidation sites excluding steroid dienone is 4. The van der Waals surface area contributed by atoms with Crippen LogP contribution < -0.4 is 0 Å². The van der Waals surface area contributed by atoms with E-state index in [2.05, 4.69) is 6.92 Å². The molecule has 25 heavy (non-hydrogen) atoms. The quantitative estimate of drug-likeness (QED) is 0.767. The maximum atomic E-state index is 12.2. The van der Waals surface area contributed by atoms with Crippen LogP contribution in [0.2, 0.25) is 0 Å². The van der Waals surface area contributed by atoms with Crippen molar-refractivity contribution in [3.8, 4) is 0 Å². The number of aliphatic hydroxyl groups is 2. The smallest absolute Gasteiger partial charge is 0.178 e. The SMILES string of the molecule is CC(=O)[C@]1(O)CC[C@@H]2[C@H]3CCC4=CC(=O)C=C[C@@]4(C)[C@@H]3[C@H](O)C[C@]21C. The molecule has 0 amide bonds. The number of carbonyl (C=O) groups is 2. The third-order valence-corrected chi connectivity index (χ3v) is 8.23. The molecule has 4 aliphatic carbocycles. The van der Waals surface area contributed by atoms with Gasteiger partial charge in [-0.15, -0.1) is 0 Å². The minimum absolute atomic E-state index is 0.0351. The lowest BCUT2D eigenvalue weighted by Crippen LogP contribution is -2.61. The molecular weight excluding hydrogens is 316 g/mol. The van der Waals surface area contributed by atoms with E-state index in [-0.39, 0.29) is 34.7 Å². The Kier molecular flexibility index (Phi) is 3.53. The molecule has 0 bridgehead atoms. The summed E-state index contributed by atoms with van der Waals surface area (Å²) < 4.78 is 0. The van der Waals surface area contributed by atoms with Crippen molar-refractivity contribution in [3.05, 3.63) is 23.8 Å². The fraction of sp³-hybridized carbons (Fsp3) is 0.714. The van der Waals surface area contributed by atoms with Gasteiger partial charge in [0.15, 0.2) is 11.6 Å². The first kappa shape index (κ1) is 17.2. The average Bonchev–Trinajstić information content (AvgIpc) is 2.80. The van der Waals surface area contributed by atoms with Crippen LogP contribution in [-0.4, -0.2) is 33.5 Å². The summed E-state index contributed by atoms with van der Waals surface area (Å²) in [5, 5.41) is 22.3. The zero-order valence-electron chi connectivity index (χ0n) is 15.3. The molecule has 136 valence electrons. The molecule has 0 aromatic carbocycles. The normalized spacial score (nSPS) is 51.4. The Bertz CT molecular complexity index is 707. The van der Waals surface area contributed by atoms with Gasteiger partial charge in [0.2, 0.25) is 0 Å². The molecule has 3 saturated carbocycles. The average molecular weight is 344 g/mol. The number of aliphatic hydroxyl groups excluding tert-OH is 1. The van der Waals surface area contributed by atoms with Crippen LogP contribution in [0.5, 0.6) is 0 Å². The van der Waals surface area contributed by atoms with Crippen molar-refractivity contribution < 1.29 is 19.8 Å². The van der Waals surface area contributed by atoms with Gasteiger partial charge in [0, 0.05) is 16.7 Å². The van der Waals surface area contributed by atoms with Gasteiger partial charge in [0.25, 0.3) is 0 Å². The lowest BCUT2D eigenvalue weighted by Gasteiger charge is -2.59. The van der Waals surface area contributed by atoms with E-state index in [1.807, 2.05) is 13.0 Å². The van der Waals surface area contributed by atoms with E-state index >= 15 is 0 Å². The van der Waals surface area contributed by atoms with Gasteiger partial charge in [0.05, 0.1) is 6.10 Å². The van der Waals surface area contributed by atoms with Crippen LogP contribution in [0.4, 0.5) is 0 Å². The second kappa shape index (κ2) is 5.14. The van der Waals surface area contributed by atoms with Gasteiger partial charge in [0.1, 0.15) is 5.60 Å². The van der Waals surface area contributed by atoms with Gasteiger partial charge in [-0.1, -0.05) is 25.5 Å². The summed E-state index contributed by atoms with van der Waals surface area (Å²) in [4.78, 5) is 24.0. The molecule has 4 aliphatic rings. The molecule has 0 unspecified atom stereocenters. The van der Waals surface area contributed by atoms with Gasteiger partial charge in [-0.3, -0.25) is 9.59 Å². The van der Waals surface area contributed by atoms with E-state index in [4.69, 9.17) is 0 Å². The fourth-order valence-electron chi connectivity index (χ4n) is 6.91. The minimum Gasteiger partial charge on any atom is -0.393 e. The van der Waals surface area contributed by atoms with Gasteiger partial charge in [-0.25, -0.2) is 0 Å². The first-order valence-corrected chi connectivity index (χ1v) is 9.49. The highest BCUT2D eigenvalue weighted by atomic mass is 16.3. The minimum atomic E-state index is -1.32. The van der Waals surface area contributed by atoms with Crippen LogP contribution in [0.25, 0.3) is 0 Å². The van der Waals surface area contributed by atoms with Crippen LogP contribution in [-0.2, 0) is 9.59 Å². The maximum Gasteiger partial charge on any atom is 0.178 e. The third-order valence-electron chi connectivity index (χ3n) is 8.23. The molecule has 4 rings (SSSR count). The van der Waals surface area contributed by atoms with Crippen LogP contribution in [0.3, 0.4) is 0 Å². The molecule has 7 atom stereocenters. The Hall–Kier alpha value is -1.26. The van der Waals surface area contributed by atoms with Gasteiger partial charge in [-0.2, -0.15) is 0 Å². The number of Topliss-reactive ketones (excluding diaryl/α,β-unsaturated/α-hetero) is 1. The molecule has 2 N–H and O–H groups in total. The van der Waals surface area contributed by atoms with E-state index in [9.17, 15) is 19.8 Å².